The molecule has 9 heteroatoms. The number of amides is 2. The molecule has 0 spiro atoms. The molecular weight excluding hydrogens is 310 g/mol. The van der Waals surface area contributed by atoms with E-state index in [-0.39, 0.29) is 18.2 Å². The molecule has 2 amide bonds. The van der Waals surface area contributed by atoms with Gasteiger partial charge in [-0.3, -0.25) is 14.9 Å². The summed E-state index contributed by atoms with van der Waals surface area (Å²) in [5.41, 5.74) is 1.69. The van der Waals surface area contributed by atoms with Crippen molar-refractivity contribution in [2.75, 3.05) is 24.3 Å². The highest BCUT2D eigenvalue weighted by molar-refractivity contribution is 6.15. The van der Waals surface area contributed by atoms with Gasteiger partial charge < -0.3 is 10.2 Å². The lowest BCUT2D eigenvalue weighted by Crippen LogP contribution is -2.19. The maximum Gasteiger partial charge on any atom is 0.254 e. The van der Waals surface area contributed by atoms with E-state index in [0.29, 0.717) is 34.7 Å². The summed E-state index contributed by atoms with van der Waals surface area (Å²) >= 11 is 0. The van der Waals surface area contributed by atoms with Crippen LogP contribution in [-0.4, -0.2) is 51.5 Å². The Morgan fingerprint density at radius 1 is 1.33 bits per heavy atom. The van der Waals surface area contributed by atoms with Gasteiger partial charge >= 0.3 is 0 Å². The van der Waals surface area contributed by atoms with Crippen molar-refractivity contribution in [3.05, 3.63) is 17.3 Å². The Hall–Kier alpha value is -2.97. The molecule has 124 valence electrons. The summed E-state index contributed by atoms with van der Waals surface area (Å²) in [6, 6.07) is 0.419. The molecule has 1 aliphatic carbocycles. The second-order valence-corrected chi connectivity index (χ2v) is 6.22. The standard InChI is InChI=1S/C15H17N7O2/c1-21(2)14-19-12-9(5-8-6-11(23)18-13(8)24)7-16-22(12)15(20-14)17-10-3-4-10/h5,7,10H,3-4,6H2,1-2H3,(H,17,19,20)(H,18,23,24)/b8-5+. The first-order chi connectivity index (χ1) is 11.5. The molecule has 0 radical (unpaired) electrons. The van der Waals surface area contributed by atoms with E-state index >= 15 is 0 Å². The summed E-state index contributed by atoms with van der Waals surface area (Å²) in [6.45, 7) is 0. The lowest BCUT2D eigenvalue weighted by molar-refractivity contribution is -0.124. The Morgan fingerprint density at radius 2 is 2.12 bits per heavy atom. The molecule has 2 fully saturated rings. The maximum atomic E-state index is 11.8. The molecule has 4 rings (SSSR count). The Labute approximate surface area is 137 Å². The lowest BCUT2D eigenvalue weighted by atomic mass is 10.1. The number of nitrogens with zero attached hydrogens (tertiary/aromatic N) is 5. The van der Waals surface area contributed by atoms with Crippen LogP contribution in [0, 0.1) is 0 Å². The number of aromatic nitrogens is 4. The first-order valence-corrected chi connectivity index (χ1v) is 7.75. The smallest absolute Gasteiger partial charge is 0.254 e. The zero-order chi connectivity index (χ0) is 16.8. The molecule has 2 aliphatic rings. The van der Waals surface area contributed by atoms with Crippen molar-refractivity contribution in [3.8, 4) is 0 Å². The molecular formula is C15H17N7O2. The summed E-state index contributed by atoms with van der Waals surface area (Å²) < 4.78 is 1.63. The van der Waals surface area contributed by atoms with E-state index in [1.165, 1.54) is 0 Å². The van der Waals surface area contributed by atoms with Gasteiger partial charge in [0.2, 0.25) is 17.8 Å². The van der Waals surface area contributed by atoms with Gasteiger partial charge in [-0.15, -0.1) is 0 Å². The number of anilines is 2. The second kappa shape index (κ2) is 5.29. The molecule has 24 heavy (non-hydrogen) atoms. The summed E-state index contributed by atoms with van der Waals surface area (Å²) in [6.07, 6.45) is 5.60. The fourth-order valence-electron chi connectivity index (χ4n) is 2.50. The van der Waals surface area contributed by atoms with Crippen molar-refractivity contribution in [3.63, 3.8) is 0 Å². The average Bonchev–Trinajstić information content (AvgIpc) is 3.16. The van der Waals surface area contributed by atoms with Gasteiger partial charge in [0.1, 0.15) is 0 Å². The van der Waals surface area contributed by atoms with Crippen LogP contribution in [0.15, 0.2) is 11.8 Å². The monoisotopic (exact) mass is 327 g/mol. The van der Waals surface area contributed by atoms with E-state index in [1.54, 1.807) is 16.8 Å². The highest BCUT2D eigenvalue weighted by Gasteiger charge is 2.26. The molecule has 0 atom stereocenters. The number of rotatable bonds is 4. The van der Waals surface area contributed by atoms with Crippen LogP contribution in [0.2, 0.25) is 0 Å². The van der Waals surface area contributed by atoms with Crippen LogP contribution in [0.5, 0.6) is 0 Å². The van der Waals surface area contributed by atoms with Crippen LogP contribution in [0.4, 0.5) is 11.9 Å². The number of fused-ring (bicyclic) bond motifs is 1. The number of nitrogens with one attached hydrogen (secondary N) is 2. The highest BCUT2D eigenvalue weighted by atomic mass is 16.2. The first-order valence-electron chi connectivity index (χ1n) is 7.75. The Morgan fingerprint density at radius 3 is 2.75 bits per heavy atom. The Balaban J connectivity index is 1.82. The third-order valence-electron chi connectivity index (χ3n) is 3.92. The van der Waals surface area contributed by atoms with Crippen LogP contribution in [0.1, 0.15) is 24.8 Å². The zero-order valence-electron chi connectivity index (χ0n) is 13.4. The molecule has 3 heterocycles. The second-order valence-electron chi connectivity index (χ2n) is 6.22. The van der Waals surface area contributed by atoms with Gasteiger partial charge in [0.15, 0.2) is 5.65 Å². The van der Waals surface area contributed by atoms with Crippen molar-refractivity contribution in [2.45, 2.75) is 25.3 Å². The van der Waals surface area contributed by atoms with Crippen LogP contribution in [0.3, 0.4) is 0 Å². The van der Waals surface area contributed by atoms with E-state index < -0.39 is 0 Å². The molecule has 1 aliphatic heterocycles. The molecule has 9 nitrogen and oxygen atoms in total. The fraction of sp³-hybridized carbons (Fsp3) is 0.400. The molecule has 2 N–H and O–H groups in total. The number of hydrogen-bond donors (Lipinski definition) is 2. The minimum atomic E-state index is -0.363. The largest absolute Gasteiger partial charge is 0.351 e. The highest BCUT2D eigenvalue weighted by Crippen LogP contribution is 2.26. The molecule has 2 aromatic rings. The van der Waals surface area contributed by atoms with Crippen LogP contribution in [-0.2, 0) is 9.59 Å². The van der Waals surface area contributed by atoms with E-state index in [9.17, 15) is 9.59 Å². The van der Waals surface area contributed by atoms with Gasteiger partial charge in [-0.1, -0.05) is 0 Å². The summed E-state index contributed by atoms with van der Waals surface area (Å²) in [5, 5.41) is 9.96. The zero-order valence-corrected chi connectivity index (χ0v) is 13.4. The summed E-state index contributed by atoms with van der Waals surface area (Å²) in [4.78, 5) is 33.9. The van der Waals surface area contributed by atoms with Crippen LogP contribution >= 0.6 is 0 Å². The molecule has 1 saturated heterocycles. The molecule has 0 bridgehead atoms. The van der Waals surface area contributed by atoms with Gasteiger partial charge in [0, 0.05) is 31.3 Å². The van der Waals surface area contributed by atoms with E-state index in [4.69, 9.17) is 0 Å². The van der Waals surface area contributed by atoms with Gasteiger partial charge in [-0.2, -0.15) is 19.6 Å². The minimum Gasteiger partial charge on any atom is -0.351 e. The van der Waals surface area contributed by atoms with Crippen molar-refractivity contribution in [2.24, 2.45) is 0 Å². The topological polar surface area (TPSA) is 105 Å². The first kappa shape index (κ1) is 14.6. The minimum absolute atomic E-state index is 0.0783. The SMILES string of the molecule is CN(C)c1nc(NC2CC2)n2ncc(/C=C3\CC(=O)NC3=O)c2n1. The molecule has 0 aromatic carbocycles. The van der Waals surface area contributed by atoms with Gasteiger partial charge in [0.05, 0.1) is 12.6 Å². The van der Waals surface area contributed by atoms with E-state index in [2.05, 4.69) is 25.7 Å². The number of hydrogen-bond acceptors (Lipinski definition) is 7. The van der Waals surface area contributed by atoms with Crippen molar-refractivity contribution >= 4 is 35.4 Å². The normalized spacial score (nSPS) is 19.2. The van der Waals surface area contributed by atoms with Crippen molar-refractivity contribution in [1.82, 2.24) is 24.9 Å². The number of carbonyl (C=O) groups excluding carboxylic acids is 2. The molecule has 1 saturated carbocycles. The molecule has 0 unspecified atom stereocenters. The van der Waals surface area contributed by atoms with Crippen LogP contribution in [0.25, 0.3) is 11.7 Å². The van der Waals surface area contributed by atoms with Gasteiger partial charge in [0.25, 0.3) is 5.91 Å². The van der Waals surface area contributed by atoms with Crippen molar-refractivity contribution < 1.29 is 9.59 Å². The lowest BCUT2D eigenvalue weighted by Gasteiger charge is -2.13. The predicted molar refractivity (Wildman–Crippen MR) is 87.5 cm³/mol. The van der Waals surface area contributed by atoms with Crippen molar-refractivity contribution in [1.29, 1.82) is 0 Å². The quantitative estimate of drug-likeness (QED) is 0.610. The van der Waals surface area contributed by atoms with E-state index in [0.717, 1.165) is 12.8 Å². The maximum absolute atomic E-state index is 11.8. The van der Waals surface area contributed by atoms with E-state index in [1.807, 2.05) is 19.0 Å². The Bertz CT molecular complexity index is 879. The number of carbonyl (C=O) groups is 2. The third kappa shape index (κ3) is 2.57. The average molecular weight is 327 g/mol. The van der Waals surface area contributed by atoms with Crippen LogP contribution < -0.4 is 15.5 Å². The predicted octanol–water partition coefficient (Wildman–Crippen LogP) is 0.194. The number of imide groups is 1. The van der Waals surface area contributed by atoms with Gasteiger partial charge in [-0.25, -0.2) is 0 Å². The summed E-state index contributed by atoms with van der Waals surface area (Å²) in [7, 11) is 3.73. The molecule has 2 aromatic heterocycles. The Kier molecular flexibility index (Phi) is 3.22. The third-order valence-corrected chi connectivity index (χ3v) is 3.92. The van der Waals surface area contributed by atoms with Gasteiger partial charge in [-0.05, 0) is 18.9 Å². The summed E-state index contributed by atoms with van der Waals surface area (Å²) in [5.74, 6) is 0.528. The fourth-order valence-corrected chi connectivity index (χ4v) is 2.50.